The Kier molecular flexibility index (Phi) is 9.64. The van der Waals surface area contributed by atoms with E-state index < -0.39 is 0 Å². The van der Waals surface area contributed by atoms with E-state index in [1.165, 1.54) is 6.92 Å². The predicted octanol–water partition coefficient (Wildman–Crippen LogP) is 3.70. The number of ketones is 1. The molecule has 0 aromatic heterocycles. The first kappa shape index (κ1) is 19.1. The number of Topliss-reactive ketones (excluding diaryl/α,β-unsaturated/α-hetero) is 1. The SMILES string of the molecule is CCOC(=O)CC(/C=C/CCCOCc1ccccc1)C(C)=O. The number of ether oxygens (including phenoxy) is 2. The molecule has 0 amide bonds. The van der Waals surface area contributed by atoms with E-state index >= 15 is 0 Å². The Balaban J connectivity index is 2.20. The summed E-state index contributed by atoms with van der Waals surface area (Å²) < 4.78 is 10.5. The number of hydrogen-bond acceptors (Lipinski definition) is 4. The highest BCUT2D eigenvalue weighted by molar-refractivity contribution is 5.85. The van der Waals surface area contributed by atoms with Gasteiger partial charge in [-0.25, -0.2) is 0 Å². The molecule has 1 unspecified atom stereocenters. The van der Waals surface area contributed by atoms with Gasteiger partial charge in [0.15, 0.2) is 0 Å². The van der Waals surface area contributed by atoms with E-state index in [-0.39, 0.29) is 24.1 Å². The summed E-state index contributed by atoms with van der Waals surface area (Å²) in [5.41, 5.74) is 1.16. The van der Waals surface area contributed by atoms with E-state index in [1.54, 1.807) is 13.0 Å². The minimum absolute atomic E-state index is 0.0189. The lowest BCUT2D eigenvalue weighted by Crippen LogP contribution is -2.15. The Morgan fingerprint density at radius 2 is 1.96 bits per heavy atom. The quantitative estimate of drug-likeness (QED) is 0.355. The molecule has 0 saturated carbocycles. The predicted molar refractivity (Wildman–Crippen MR) is 89.9 cm³/mol. The van der Waals surface area contributed by atoms with Crippen molar-refractivity contribution in [3.63, 3.8) is 0 Å². The van der Waals surface area contributed by atoms with E-state index in [2.05, 4.69) is 0 Å². The van der Waals surface area contributed by atoms with Crippen LogP contribution in [0, 0.1) is 5.92 Å². The maximum Gasteiger partial charge on any atom is 0.306 e. The fraction of sp³-hybridized carbons (Fsp3) is 0.474. The Labute approximate surface area is 138 Å². The van der Waals surface area contributed by atoms with E-state index in [9.17, 15) is 9.59 Å². The van der Waals surface area contributed by atoms with Crippen molar-refractivity contribution in [2.45, 2.75) is 39.7 Å². The Bertz CT molecular complexity index is 493. The van der Waals surface area contributed by atoms with Crippen molar-refractivity contribution in [2.75, 3.05) is 13.2 Å². The van der Waals surface area contributed by atoms with Crippen molar-refractivity contribution >= 4 is 11.8 Å². The van der Waals surface area contributed by atoms with Gasteiger partial charge in [0, 0.05) is 12.5 Å². The summed E-state index contributed by atoms with van der Waals surface area (Å²) in [4.78, 5) is 23.0. The Morgan fingerprint density at radius 1 is 1.22 bits per heavy atom. The van der Waals surface area contributed by atoms with E-state index in [0.717, 1.165) is 18.4 Å². The van der Waals surface area contributed by atoms with Crippen LogP contribution in [0.1, 0.15) is 38.7 Å². The molecule has 126 valence electrons. The summed E-state index contributed by atoms with van der Waals surface area (Å²) in [6.07, 6.45) is 5.56. The van der Waals surface area contributed by atoms with Crippen molar-refractivity contribution in [1.29, 1.82) is 0 Å². The summed E-state index contributed by atoms with van der Waals surface area (Å²) in [5.74, 6) is -0.738. The lowest BCUT2D eigenvalue weighted by atomic mass is 10.00. The summed E-state index contributed by atoms with van der Waals surface area (Å²) in [7, 11) is 0. The topological polar surface area (TPSA) is 52.6 Å². The molecular weight excluding hydrogens is 292 g/mol. The molecule has 0 spiro atoms. The van der Waals surface area contributed by atoms with Gasteiger partial charge in [-0.2, -0.15) is 0 Å². The zero-order valence-electron chi connectivity index (χ0n) is 14.0. The normalized spacial score (nSPS) is 12.3. The number of unbranched alkanes of at least 4 members (excludes halogenated alkanes) is 1. The highest BCUT2D eigenvalue weighted by atomic mass is 16.5. The molecular formula is C19H26O4. The molecule has 4 heteroatoms. The molecule has 0 bridgehead atoms. The molecule has 0 fully saturated rings. The third kappa shape index (κ3) is 8.94. The van der Waals surface area contributed by atoms with Gasteiger partial charge in [0.2, 0.25) is 0 Å². The number of esters is 1. The fourth-order valence-corrected chi connectivity index (χ4v) is 2.07. The van der Waals surface area contributed by atoms with Crippen LogP contribution < -0.4 is 0 Å². The van der Waals surface area contributed by atoms with E-state index in [0.29, 0.717) is 19.8 Å². The molecule has 1 aromatic rings. The molecule has 0 aliphatic heterocycles. The van der Waals surface area contributed by atoms with Crippen molar-refractivity contribution < 1.29 is 19.1 Å². The lowest BCUT2D eigenvalue weighted by Gasteiger charge is -2.08. The summed E-state index contributed by atoms with van der Waals surface area (Å²) in [5, 5.41) is 0. The maximum absolute atomic E-state index is 11.5. The molecule has 0 radical (unpaired) electrons. The summed E-state index contributed by atoms with van der Waals surface area (Å²) in [6, 6.07) is 10.0. The monoisotopic (exact) mass is 318 g/mol. The average Bonchev–Trinajstić information content (AvgIpc) is 2.54. The third-order valence-corrected chi connectivity index (χ3v) is 3.35. The van der Waals surface area contributed by atoms with E-state index in [1.807, 2.05) is 36.4 Å². The Hall–Kier alpha value is -1.94. The number of hydrogen-bond donors (Lipinski definition) is 0. The van der Waals surface area contributed by atoms with Crippen LogP contribution in [0.2, 0.25) is 0 Å². The Morgan fingerprint density at radius 3 is 2.61 bits per heavy atom. The van der Waals surface area contributed by atoms with Gasteiger partial charge in [-0.3, -0.25) is 9.59 Å². The van der Waals surface area contributed by atoms with Crippen LogP contribution in [0.25, 0.3) is 0 Å². The molecule has 0 aliphatic rings. The van der Waals surface area contributed by atoms with Gasteiger partial charge in [-0.1, -0.05) is 42.5 Å². The largest absolute Gasteiger partial charge is 0.466 e. The summed E-state index contributed by atoms with van der Waals surface area (Å²) >= 11 is 0. The first-order valence-corrected chi connectivity index (χ1v) is 8.08. The zero-order chi connectivity index (χ0) is 16.9. The molecule has 1 rings (SSSR count). The minimum atomic E-state index is -0.390. The lowest BCUT2D eigenvalue weighted by molar-refractivity contribution is -0.145. The van der Waals surface area contributed by atoms with Gasteiger partial charge in [0.05, 0.1) is 19.6 Å². The average molecular weight is 318 g/mol. The van der Waals surface area contributed by atoms with Crippen molar-refractivity contribution in [3.8, 4) is 0 Å². The highest BCUT2D eigenvalue weighted by Gasteiger charge is 2.15. The van der Waals surface area contributed by atoms with Gasteiger partial charge in [-0.15, -0.1) is 0 Å². The maximum atomic E-state index is 11.5. The van der Waals surface area contributed by atoms with Crippen LogP contribution in [-0.4, -0.2) is 25.0 Å². The number of carbonyl (C=O) groups excluding carboxylic acids is 2. The highest BCUT2D eigenvalue weighted by Crippen LogP contribution is 2.10. The molecule has 23 heavy (non-hydrogen) atoms. The second-order valence-electron chi connectivity index (χ2n) is 5.33. The second-order valence-corrected chi connectivity index (χ2v) is 5.33. The minimum Gasteiger partial charge on any atom is -0.466 e. The van der Waals surface area contributed by atoms with Crippen LogP contribution in [0.5, 0.6) is 0 Å². The first-order valence-electron chi connectivity index (χ1n) is 8.08. The van der Waals surface area contributed by atoms with Gasteiger partial charge in [0.25, 0.3) is 0 Å². The van der Waals surface area contributed by atoms with Crippen LogP contribution >= 0.6 is 0 Å². The van der Waals surface area contributed by atoms with Crippen molar-refractivity contribution in [1.82, 2.24) is 0 Å². The number of carbonyl (C=O) groups is 2. The number of benzene rings is 1. The van der Waals surface area contributed by atoms with E-state index in [4.69, 9.17) is 9.47 Å². The standard InChI is InChI=1S/C19H26O4/c1-3-23-19(21)14-18(16(2)20)12-8-5-9-13-22-15-17-10-6-4-7-11-17/h4,6-8,10-12,18H,3,5,9,13-15H2,1-2H3/b12-8+. The molecule has 1 atom stereocenters. The van der Waals surface area contributed by atoms with Crippen LogP contribution in [0.4, 0.5) is 0 Å². The number of allylic oxidation sites excluding steroid dienone is 2. The van der Waals surface area contributed by atoms with Crippen LogP contribution in [-0.2, 0) is 25.7 Å². The number of rotatable bonds is 11. The van der Waals surface area contributed by atoms with Crippen LogP contribution in [0.15, 0.2) is 42.5 Å². The molecule has 0 aliphatic carbocycles. The van der Waals surface area contributed by atoms with Gasteiger partial charge in [-0.05, 0) is 32.3 Å². The van der Waals surface area contributed by atoms with Gasteiger partial charge < -0.3 is 9.47 Å². The molecule has 4 nitrogen and oxygen atoms in total. The smallest absolute Gasteiger partial charge is 0.306 e. The summed E-state index contributed by atoms with van der Waals surface area (Å²) in [6.45, 7) is 4.88. The van der Waals surface area contributed by atoms with Gasteiger partial charge >= 0.3 is 5.97 Å². The molecule has 0 heterocycles. The fourth-order valence-electron chi connectivity index (χ4n) is 2.07. The second kappa shape index (κ2) is 11.6. The molecule has 1 aromatic carbocycles. The zero-order valence-corrected chi connectivity index (χ0v) is 14.0. The first-order chi connectivity index (χ1) is 11.1. The van der Waals surface area contributed by atoms with Crippen molar-refractivity contribution in [3.05, 3.63) is 48.0 Å². The van der Waals surface area contributed by atoms with Crippen molar-refractivity contribution in [2.24, 2.45) is 5.92 Å². The molecule has 0 N–H and O–H groups in total. The van der Waals surface area contributed by atoms with Crippen LogP contribution in [0.3, 0.4) is 0 Å². The third-order valence-electron chi connectivity index (χ3n) is 3.35. The van der Waals surface area contributed by atoms with Gasteiger partial charge in [0.1, 0.15) is 5.78 Å². The molecule has 0 saturated heterocycles.